The van der Waals surface area contributed by atoms with Gasteiger partial charge in [0.15, 0.2) is 0 Å². The molecule has 1 N–H and O–H groups in total. The molecule has 0 fully saturated rings. The molecule has 0 saturated heterocycles. The summed E-state index contributed by atoms with van der Waals surface area (Å²) in [7, 11) is 0. The van der Waals surface area contributed by atoms with Crippen LogP contribution in [0.5, 0.6) is 0 Å². The Bertz CT molecular complexity index is 934. The van der Waals surface area contributed by atoms with Crippen LogP contribution in [0.2, 0.25) is 0 Å². The minimum Gasteiger partial charge on any atom is -0.340 e. The van der Waals surface area contributed by atoms with Crippen molar-refractivity contribution in [1.82, 2.24) is 5.32 Å². The molecule has 0 spiro atoms. The van der Waals surface area contributed by atoms with E-state index in [0.29, 0.717) is 11.1 Å². The lowest BCUT2D eigenvalue weighted by atomic mass is 10.0. The van der Waals surface area contributed by atoms with Crippen molar-refractivity contribution < 1.29 is 9.72 Å². The Morgan fingerprint density at radius 3 is 2.42 bits per heavy atom. The predicted octanol–water partition coefficient (Wildman–Crippen LogP) is 4.79. The first-order valence-corrected chi connectivity index (χ1v) is 8.99. The third-order valence-electron chi connectivity index (χ3n) is 4.17. The molecule has 2 aromatic carbocycles. The molecule has 1 aromatic heterocycles. The molecule has 0 bridgehead atoms. The van der Waals surface area contributed by atoms with Crippen molar-refractivity contribution in [2.75, 3.05) is 0 Å². The number of carbonyl (C=O) groups is 1. The average Bonchev–Trinajstić information content (AvgIpc) is 3.14. The lowest BCUT2D eigenvalue weighted by molar-refractivity contribution is -0.385. The smallest absolute Gasteiger partial charge is 0.272 e. The van der Waals surface area contributed by atoms with E-state index in [4.69, 9.17) is 0 Å². The highest BCUT2D eigenvalue weighted by molar-refractivity contribution is 7.10. The van der Waals surface area contributed by atoms with Crippen molar-refractivity contribution in [3.05, 3.63) is 97.2 Å². The van der Waals surface area contributed by atoms with Crippen LogP contribution in [0.25, 0.3) is 0 Å². The minimum atomic E-state index is -0.447. The van der Waals surface area contributed by atoms with E-state index >= 15 is 0 Å². The van der Waals surface area contributed by atoms with Gasteiger partial charge in [-0.3, -0.25) is 14.9 Å². The molecule has 132 valence electrons. The number of nitrogens with one attached hydrogen (secondary N) is 1. The van der Waals surface area contributed by atoms with Crippen LogP contribution < -0.4 is 5.32 Å². The monoisotopic (exact) mass is 366 g/mol. The summed E-state index contributed by atoms with van der Waals surface area (Å²) in [6, 6.07) is 16.1. The third-order valence-corrected chi connectivity index (χ3v) is 5.11. The Balaban J connectivity index is 1.89. The number of thiophene rings is 1. The molecule has 0 aliphatic carbocycles. The highest BCUT2D eigenvalue weighted by Gasteiger charge is 2.20. The zero-order chi connectivity index (χ0) is 18.7. The zero-order valence-corrected chi connectivity index (χ0v) is 15.2. The maximum atomic E-state index is 12.7. The summed E-state index contributed by atoms with van der Waals surface area (Å²) in [6.07, 6.45) is 0. The molecule has 6 heteroatoms. The summed E-state index contributed by atoms with van der Waals surface area (Å²) < 4.78 is 0. The first kappa shape index (κ1) is 17.8. The second-order valence-electron chi connectivity index (χ2n) is 6.09. The van der Waals surface area contributed by atoms with E-state index in [1.807, 2.05) is 48.7 Å². The summed E-state index contributed by atoms with van der Waals surface area (Å²) in [5, 5.41) is 16.0. The van der Waals surface area contributed by atoms with Gasteiger partial charge in [0.1, 0.15) is 0 Å². The predicted molar refractivity (Wildman–Crippen MR) is 103 cm³/mol. The van der Waals surface area contributed by atoms with E-state index in [0.717, 1.165) is 16.0 Å². The molecular weight excluding hydrogens is 348 g/mol. The number of carbonyl (C=O) groups excluding carboxylic acids is 1. The van der Waals surface area contributed by atoms with E-state index in [1.54, 1.807) is 24.3 Å². The highest BCUT2D eigenvalue weighted by Crippen LogP contribution is 2.27. The van der Waals surface area contributed by atoms with Gasteiger partial charge < -0.3 is 5.32 Å². The molecule has 26 heavy (non-hydrogen) atoms. The molecule has 0 aliphatic heterocycles. The van der Waals surface area contributed by atoms with Crippen LogP contribution in [0.3, 0.4) is 0 Å². The summed E-state index contributed by atoms with van der Waals surface area (Å²) in [6.45, 7) is 3.65. The molecule has 3 rings (SSSR count). The van der Waals surface area contributed by atoms with Gasteiger partial charge in [-0.05, 0) is 43.0 Å². The van der Waals surface area contributed by atoms with Crippen LogP contribution in [0.1, 0.15) is 38.0 Å². The van der Waals surface area contributed by atoms with Crippen LogP contribution in [0.15, 0.2) is 60.0 Å². The maximum Gasteiger partial charge on any atom is 0.272 e. The van der Waals surface area contributed by atoms with Gasteiger partial charge in [-0.15, -0.1) is 11.3 Å². The van der Waals surface area contributed by atoms with Crippen LogP contribution in [0.4, 0.5) is 5.69 Å². The molecule has 0 unspecified atom stereocenters. The Hall–Kier alpha value is -2.99. The number of amides is 1. The lowest BCUT2D eigenvalue weighted by Gasteiger charge is -2.18. The van der Waals surface area contributed by atoms with E-state index < -0.39 is 4.92 Å². The topological polar surface area (TPSA) is 72.2 Å². The molecule has 1 atom stereocenters. The number of benzene rings is 2. The average molecular weight is 366 g/mol. The molecule has 3 aromatic rings. The first-order chi connectivity index (χ1) is 12.5. The Kier molecular flexibility index (Phi) is 5.14. The van der Waals surface area contributed by atoms with Crippen LogP contribution in [0, 0.1) is 24.0 Å². The maximum absolute atomic E-state index is 12.7. The van der Waals surface area contributed by atoms with E-state index in [9.17, 15) is 14.9 Å². The van der Waals surface area contributed by atoms with Gasteiger partial charge in [0.05, 0.1) is 11.0 Å². The number of hydrogen-bond donors (Lipinski definition) is 1. The molecule has 0 saturated carbocycles. The second-order valence-corrected chi connectivity index (χ2v) is 7.07. The molecule has 1 heterocycles. The van der Waals surface area contributed by atoms with Crippen molar-refractivity contribution in [3.8, 4) is 0 Å². The summed E-state index contributed by atoms with van der Waals surface area (Å²) in [5.74, 6) is -0.262. The fraction of sp³-hybridized carbons (Fsp3) is 0.150. The fourth-order valence-electron chi connectivity index (χ4n) is 2.75. The SMILES string of the molecule is Cc1ccc([C@@H](NC(=O)c2ccc([N+](=O)[O-])c(C)c2)c2cccs2)cc1. The number of nitro groups is 1. The quantitative estimate of drug-likeness (QED) is 0.521. The van der Waals surface area contributed by atoms with Crippen molar-refractivity contribution in [2.24, 2.45) is 0 Å². The summed E-state index contributed by atoms with van der Waals surface area (Å²) >= 11 is 1.57. The molecular formula is C20H18N2O3S. The van der Waals surface area contributed by atoms with Gasteiger partial charge >= 0.3 is 0 Å². The number of nitrogens with zero attached hydrogens (tertiary/aromatic N) is 1. The molecule has 0 radical (unpaired) electrons. The van der Waals surface area contributed by atoms with E-state index in [-0.39, 0.29) is 17.6 Å². The van der Waals surface area contributed by atoms with Crippen LogP contribution in [-0.2, 0) is 0 Å². The second kappa shape index (κ2) is 7.49. The van der Waals surface area contributed by atoms with Gasteiger partial charge in [0, 0.05) is 22.1 Å². The van der Waals surface area contributed by atoms with Gasteiger partial charge in [0.2, 0.25) is 0 Å². The number of aryl methyl sites for hydroxylation is 2. The molecule has 0 aliphatic rings. The van der Waals surface area contributed by atoms with Crippen LogP contribution in [-0.4, -0.2) is 10.8 Å². The minimum absolute atomic E-state index is 0.00916. The zero-order valence-electron chi connectivity index (χ0n) is 14.4. The van der Waals surface area contributed by atoms with Crippen molar-refractivity contribution in [3.63, 3.8) is 0 Å². The van der Waals surface area contributed by atoms with E-state index in [2.05, 4.69) is 5.32 Å². The van der Waals surface area contributed by atoms with Crippen LogP contribution >= 0.6 is 11.3 Å². The number of hydrogen-bond acceptors (Lipinski definition) is 4. The van der Waals surface area contributed by atoms with Gasteiger partial charge in [0.25, 0.3) is 11.6 Å². The fourth-order valence-corrected chi connectivity index (χ4v) is 3.55. The Morgan fingerprint density at radius 2 is 1.85 bits per heavy atom. The first-order valence-electron chi connectivity index (χ1n) is 8.11. The normalized spacial score (nSPS) is 11.8. The Morgan fingerprint density at radius 1 is 1.12 bits per heavy atom. The van der Waals surface area contributed by atoms with Crippen molar-refractivity contribution >= 4 is 22.9 Å². The number of nitro benzene ring substituents is 1. The van der Waals surface area contributed by atoms with Gasteiger partial charge in [-0.25, -0.2) is 0 Å². The van der Waals surface area contributed by atoms with Crippen molar-refractivity contribution in [2.45, 2.75) is 19.9 Å². The standard InChI is InChI=1S/C20H18N2O3S/c1-13-5-7-15(8-6-13)19(18-4-3-11-26-18)21-20(23)16-9-10-17(22(24)25)14(2)12-16/h3-12,19H,1-2H3,(H,21,23)/t19-/m1/s1. The summed E-state index contributed by atoms with van der Waals surface area (Å²) in [4.78, 5) is 24.3. The number of rotatable bonds is 5. The Labute approximate surface area is 155 Å². The molecule has 5 nitrogen and oxygen atoms in total. The largest absolute Gasteiger partial charge is 0.340 e. The van der Waals surface area contributed by atoms with E-state index in [1.165, 1.54) is 12.1 Å². The third kappa shape index (κ3) is 3.81. The van der Waals surface area contributed by atoms with Crippen molar-refractivity contribution in [1.29, 1.82) is 0 Å². The summed E-state index contributed by atoms with van der Waals surface area (Å²) in [5.41, 5.74) is 3.02. The molecule has 1 amide bonds. The van der Waals surface area contributed by atoms with Gasteiger partial charge in [-0.1, -0.05) is 35.9 Å². The highest BCUT2D eigenvalue weighted by atomic mass is 32.1. The lowest BCUT2D eigenvalue weighted by Crippen LogP contribution is -2.28. The van der Waals surface area contributed by atoms with Gasteiger partial charge in [-0.2, -0.15) is 0 Å².